The van der Waals surface area contributed by atoms with E-state index in [1.807, 2.05) is 46.8 Å². The summed E-state index contributed by atoms with van der Waals surface area (Å²) >= 11 is 0. The Morgan fingerprint density at radius 3 is 2.06 bits per heavy atom. The van der Waals surface area contributed by atoms with Gasteiger partial charge in [0.05, 0.1) is 12.6 Å². The smallest absolute Gasteiger partial charge is 0.289 e. The van der Waals surface area contributed by atoms with Crippen LogP contribution in [-0.4, -0.2) is 84.8 Å². The van der Waals surface area contributed by atoms with E-state index in [0.717, 1.165) is 51.5 Å². The normalized spacial score (nSPS) is 14.9. The number of hydrogen-bond donors (Lipinski definition) is 5. The fourth-order valence-electron chi connectivity index (χ4n) is 4.24. The van der Waals surface area contributed by atoms with Crippen LogP contribution in [0.15, 0.2) is 24.3 Å². The summed E-state index contributed by atoms with van der Waals surface area (Å²) in [7, 11) is 1.00. The molecule has 11 nitrogen and oxygen atoms in total. The molecule has 1 aliphatic heterocycles. The number of piperidine rings is 1. The van der Waals surface area contributed by atoms with Gasteiger partial charge in [0.2, 0.25) is 24.0 Å². The molecule has 1 heterocycles. The number of Topliss-reactive ketones (excluding diaryl/α,β-unsaturated/α-hetero) is 1. The molecule has 4 amide bonds. The molecule has 47 heavy (non-hydrogen) atoms. The first-order valence-electron chi connectivity index (χ1n) is 17.4. The van der Waals surface area contributed by atoms with Crippen molar-refractivity contribution in [2.24, 2.45) is 11.7 Å². The van der Waals surface area contributed by atoms with Crippen LogP contribution in [-0.2, 0) is 30.4 Å². The highest BCUT2D eigenvalue weighted by Crippen LogP contribution is 2.19. The Labute approximate surface area is 285 Å². The van der Waals surface area contributed by atoms with Crippen LogP contribution in [0.5, 0.6) is 0 Å². The lowest BCUT2D eigenvalue weighted by Gasteiger charge is -2.35. The molecule has 2 unspecified atom stereocenters. The maximum Gasteiger partial charge on any atom is 0.289 e. The molecule has 0 bridgehead atoms. The molecule has 1 aromatic rings. The number of aliphatic hydroxyl groups excluding tert-OH is 1. The summed E-state index contributed by atoms with van der Waals surface area (Å²) in [6.45, 7) is 19.5. The first-order chi connectivity index (χ1) is 22.5. The van der Waals surface area contributed by atoms with Gasteiger partial charge in [-0.2, -0.15) is 0 Å². The van der Waals surface area contributed by atoms with Crippen LogP contribution < -0.4 is 21.7 Å². The van der Waals surface area contributed by atoms with E-state index in [0.29, 0.717) is 32.4 Å². The summed E-state index contributed by atoms with van der Waals surface area (Å²) in [6, 6.07) is 6.81. The van der Waals surface area contributed by atoms with E-state index in [1.54, 1.807) is 0 Å². The minimum Gasteiger partial charge on any atom is -0.400 e. The zero-order chi connectivity index (χ0) is 36.8. The third kappa shape index (κ3) is 22.8. The quantitative estimate of drug-likeness (QED) is 0.127. The second-order valence-corrected chi connectivity index (χ2v) is 11.2. The van der Waals surface area contributed by atoms with Crippen molar-refractivity contribution in [3.8, 4) is 0 Å². The molecule has 0 spiro atoms. The maximum absolute atomic E-state index is 12.6. The van der Waals surface area contributed by atoms with Crippen LogP contribution in [0.3, 0.4) is 0 Å². The van der Waals surface area contributed by atoms with Gasteiger partial charge in [-0.15, -0.1) is 0 Å². The topological polar surface area (TPSA) is 171 Å². The van der Waals surface area contributed by atoms with Crippen molar-refractivity contribution in [2.45, 2.75) is 132 Å². The Balaban J connectivity index is -0.000000731. The molecule has 11 heteroatoms. The minimum absolute atomic E-state index is 0.0884. The zero-order valence-corrected chi connectivity index (χ0v) is 31.0. The summed E-state index contributed by atoms with van der Waals surface area (Å²) in [5.74, 6) is -1.08. The summed E-state index contributed by atoms with van der Waals surface area (Å²) in [5.41, 5.74) is 8.01. The summed E-state index contributed by atoms with van der Waals surface area (Å²) in [6.07, 6.45) is 6.67. The molecular formula is C36H67N5O6. The number of amides is 4. The van der Waals surface area contributed by atoms with Crippen molar-refractivity contribution in [3.63, 3.8) is 0 Å². The molecular weight excluding hydrogens is 598 g/mol. The number of hydrogen-bond acceptors (Lipinski definition) is 7. The third-order valence-electron chi connectivity index (χ3n) is 6.53. The first kappa shape index (κ1) is 48.1. The molecule has 0 radical (unpaired) electrons. The molecule has 1 aliphatic carbocycles. The van der Waals surface area contributed by atoms with E-state index in [2.05, 4.69) is 55.8 Å². The number of benzene rings is 1. The number of nitrogens with two attached hydrogens (primary N) is 1. The van der Waals surface area contributed by atoms with E-state index >= 15 is 0 Å². The average Bonchev–Trinajstić information content (AvgIpc) is 3.91. The number of nitrogens with zero attached hydrogens (tertiary/aromatic N) is 1. The Bertz CT molecular complexity index is 982. The predicted octanol–water partition coefficient (Wildman–Crippen LogP) is 4.07. The molecule has 3 rings (SSSR count). The largest absolute Gasteiger partial charge is 0.400 e. The molecule has 1 aromatic carbocycles. The van der Waals surface area contributed by atoms with Crippen LogP contribution in [0.25, 0.3) is 0 Å². The van der Waals surface area contributed by atoms with Crippen molar-refractivity contribution in [3.05, 3.63) is 35.4 Å². The number of nitrogens with one attached hydrogen (secondary N) is 3. The van der Waals surface area contributed by atoms with Gasteiger partial charge in [0.25, 0.3) is 5.91 Å². The summed E-state index contributed by atoms with van der Waals surface area (Å²) in [5, 5.41) is 15.0. The van der Waals surface area contributed by atoms with Crippen molar-refractivity contribution >= 4 is 29.9 Å². The molecule has 2 fully saturated rings. The number of carbonyl (C=O) groups excluding carboxylic acids is 5. The van der Waals surface area contributed by atoms with E-state index in [1.165, 1.54) is 16.0 Å². The van der Waals surface area contributed by atoms with Gasteiger partial charge in [0.15, 0.2) is 0 Å². The lowest BCUT2D eigenvalue weighted by molar-refractivity contribution is -0.144. The number of rotatable bonds is 12. The Morgan fingerprint density at radius 1 is 1.00 bits per heavy atom. The fraction of sp³-hybridized carbons (Fsp3) is 0.694. The van der Waals surface area contributed by atoms with Gasteiger partial charge in [0, 0.05) is 26.2 Å². The van der Waals surface area contributed by atoms with Crippen LogP contribution in [0.1, 0.15) is 111 Å². The van der Waals surface area contributed by atoms with Gasteiger partial charge in [-0.1, -0.05) is 86.1 Å². The number of carbonyl (C=O) groups is 5. The highest BCUT2D eigenvalue weighted by molar-refractivity contribution is 6.38. The number of ketones is 1. The van der Waals surface area contributed by atoms with Gasteiger partial charge in [-0.25, -0.2) is 0 Å². The Hall–Kier alpha value is -3.31. The number of likely N-dealkylation sites (tertiary alicyclic amines) is 1. The standard InChI is InChI=1S/C17H28N4O4.C10H13NO.C4H10.2C2H6.CH4O/c1-2-5-12(15(23)17(25)19-11-7-8-11)20-16(24)13-6-3-4-9-21(13)14(22)10-18;1-9-4-2-3-5-10(9)6-7-11-8-12;1-4(2)3;3*1-2/h11-13H,2-10,18H2,1H3,(H,19,25)(H,20,24);2-5,8H,6-7H2,1H3,(H,11,12);4H,1-3H3;2*1-2H3;2H,1H3. The molecule has 2 atom stereocenters. The van der Waals surface area contributed by atoms with Gasteiger partial charge >= 0.3 is 0 Å². The maximum atomic E-state index is 12.6. The van der Waals surface area contributed by atoms with Crippen molar-refractivity contribution in [2.75, 3.05) is 26.7 Å². The average molecular weight is 666 g/mol. The van der Waals surface area contributed by atoms with Gasteiger partial charge in [-0.3, -0.25) is 24.0 Å². The molecule has 1 saturated carbocycles. The highest BCUT2D eigenvalue weighted by Gasteiger charge is 2.35. The fourth-order valence-corrected chi connectivity index (χ4v) is 4.24. The van der Waals surface area contributed by atoms with Crippen LogP contribution >= 0.6 is 0 Å². The second kappa shape index (κ2) is 31.3. The zero-order valence-electron chi connectivity index (χ0n) is 31.0. The monoisotopic (exact) mass is 666 g/mol. The van der Waals surface area contributed by atoms with Crippen LogP contribution in [0.4, 0.5) is 0 Å². The molecule has 1 saturated heterocycles. The summed E-state index contributed by atoms with van der Waals surface area (Å²) in [4.78, 5) is 60.4. The van der Waals surface area contributed by atoms with Crippen molar-refractivity contribution in [1.29, 1.82) is 0 Å². The molecule has 0 aromatic heterocycles. The predicted molar refractivity (Wildman–Crippen MR) is 192 cm³/mol. The van der Waals surface area contributed by atoms with Crippen molar-refractivity contribution < 1.29 is 29.1 Å². The van der Waals surface area contributed by atoms with Gasteiger partial charge in [-0.05, 0) is 68.9 Å². The first-order valence-corrected chi connectivity index (χ1v) is 17.4. The SMILES string of the molecule is CC.CC.CC(C)C.CCCC(NC(=O)C1CCCCN1C(=O)CN)C(=O)C(=O)NC1CC1.CO.Cc1ccccc1CCNC=O. The van der Waals surface area contributed by atoms with E-state index in [9.17, 15) is 24.0 Å². The highest BCUT2D eigenvalue weighted by atomic mass is 16.2. The number of aliphatic hydroxyl groups is 1. The number of aryl methyl sites for hydroxylation is 1. The second-order valence-electron chi connectivity index (χ2n) is 11.2. The van der Waals surface area contributed by atoms with E-state index in [-0.39, 0.29) is 24.4 Å². The van der Waals surface area contributed by atoms with Crippen LogP contribution in [0.2, 0.25) is 0 Å². The summed E-state index contributed by atoms with van der Waals surface area (Å²) < 4.78 is 0. The van der Waals surface area contributed by atoms with Gasteiger partial charge in [0.1, 0.15) is 6.04 Å². The minimum atomic E-state index is -0.854. The van der Waals surface area contributed by atoms with Crippen LogP contribution in [0, 0.1) is 12.8 Å². The third-order valence-corrected chi connectivity index (χ3v) is 6.53. The molecule has 2 aliphatic rings. The van der Waals surface area contributed by atoms with Gasteiger partial charge < -0.3 is 31.7 Å². The lowest BCUT2D eigenvalue weighted by Crippen LogP contribution is -2.57. The molecule has 272 valence electrons. The van der Waals surface area contributed by atoms with E-state index < -0.39 is 23.8 Å². The Kier molecular flexibility index (Phi) is 32.0. The van der Waals surface area contributed by atoms with Crippen molar-refractivity contribution in [1.82, 2.24) is 20.9 Å². The Morgan fingerprint density at radius 2 is 1.57 bits per heavy atom. The van der Waals surface area contributed by atoms with E-state index in [4.69, 9.17) is 10.8 Å². The molecule has 6 N–H and O–H groups in total. The lowest BCUT2D eigenvalue weighted by atomic mass is 9.99.